The number of nitrogens with two attached hydrogens (primary N) is 1. The Hall–Kier alpha value is -1.10. The first-order chi connectivity index (χ1) is 14.9. The SMILES string of the molecule is C=C1NC(N)=Nc2c1ncn2[C@@H]1O[C@H](CO[P@](O)(=S)OP(=O)(O)OP(=O)(O)O)[C@@H](O)[C@@]1(C)F. The van der Waals surface area contributed by atoms with E-state index in [0.717, 1.165) is 11.5 Å². The van der Waals surface area contributed by atoms with Gasteiger partial charge in [-0.05, 0) is 18.7 Å². The number of aromatic nitrogens is 2. The van der Waals surface area contributed by atoms with E-state index >= 15 is 4.39 Å². The van der Waals surface area contributed by atoms with Gasteiger partial charge in [-0.15, -0.1) is 0 Å². The summed E-state index contributed by atoms with van der Waals surface area (Å²) in [7, 11) is -11.0. The molecule has 0 bridgehead atoms. The number of nitrogens with zero attached hydrogens (tertiary/aromatic N) is 3. The predicted molar refractivity (Wildman–Crippen MR) is 112 cm³/mol. The number of nitrogens with one attached hydrogen (secondary N) is 1. The molecule has 1 aromatic heterocycles. The molecule has 186 valence electrons. The average molecular weight is 553 g/mol. The molecule has 0 amide bonds. The van der Waals surface area contributed by atoms with Gasteiger partial charge in [-0.1, -0.05) is 6.58 Å². The highest BCUT2D eigenvalue weighted by Crippen LogP contribution is 2.66. The van der Waals surface area contributed by atoms with Crippen molar-refractivity contribution in [2.24, 2.45) is 10.7 Å². The second-order valence-electron chi connectivity index (χ2n) is 6.93. The van der Waals surface area contributed by atoms with Crippen LogP contribution < -0.4 is 11.1 Å². The quantitative estimate of drug-likeness (QED) is 0.207. The fourth-order valence-corrected chi connectivity index (χ4v) is 7.00. The number of fused-ring (bicyclic) bond motifs is 1. The van der Waals surface area contributed by atoms with Crippen molar-refractivity contribution in [2.45, 2.75) is 31.0 Å². The van der Waals surface area contributed by atoms with Crippen molar-refractivity contribution < 1.29 is 56.1 Å². The largest absolute Gasteiger partial charge is 0.488 e. The minimum atomic E-state index is -5.54. The lowest BCUT2D eigenvalue weighted by Gasteiger charge is -2.26. The maximum Gasteiger partial charge on any atom is 0.488 e. The molecule has 1 unspecified atom stereocenters. The molecule has 0 aliphatic carbocycles. The van der Waals surface area contributed by atoms with Crippen molar-refractivity contribution >= 4 is 51.6 Å². The highest BCUT2D eigenvalue weighted by Gasteiger charge is 2.56. The molecular formula is C12H19FN5O11P3S. The number of aliphatic hydroxyl groups is 1. The monoisotopic (exact) mass is 553 g/mol. The Balaban J connectivity index is 1.75. The minimum Gasteiger partial charge on any atom is -0.387 e. The van der Waals surface area contributed by atoms with Gasteiger partial charge in [0.25, 0.3) is 0 Å². The van der Waals surface area contributed by atoms with E-state index in [4.69, 9.17) is 24.8 Å². The molecule has 0 radical (unpaired) electrons. The molecule has 0 saturated carbocycles. The van der Waals surface area contributed by atoms with Crippen molar-refractivity contribution in [1.82, 2.24) is 14.9 Å². The number of aliphatic imine (C=N–C) groups is 1. The van der Waals surface area contributed by atoms with Gasteiger partial charge in [0.1, 0.15) is 17.9 Å². The topological polar surface area (TPSA) is 240 Å². The van der Waals surface area contributed by atoms with Crippen LogP contribution in [0, 0.1) is 0 Å². The summed E-state index contributed by atoms with van der Waals surface area (Å²) in [5.41, 5.74) is 3.73. The number of rotatable bonds is 8. The lowest BCUT2D eigenvalue weighted by atomic mass is 9.98. The van der Waals surface area contributed by atoms with Crippen LogP contribution >= 0.6 is 22.4 Å². The number of hydrogen-bond acceptors (Lipinski definition) is 12. The Labute approximate surface area is 190 Å². The van der Waals surface area contributed by atoms with E-state index in [9.17, 15) is 24.0 Å². The Morgan fingerprint density at radius 3 is 2.64 bits per heavy atom. The Morgan fingerprint density at radius 2 is 2.03 bits per heavy atom. The first-order valence-corrected chi connectivity index (χ1v) is 14.2. The Bertz CT molecular complexity index is 1140. The van der Waals surface area contributed by atoms with Crippen molar-refractivity contribution in [3.63, 3.8) is 0 Å². The van der Waals surface area contributed by atoms with Crippen molar-refractivity contribution in [3.05, 3.63) is 18.6 Å². The van der Waals surface area contributed by atoms with Gasteiger partial charge in [-0.3, -0.25) is 4.57 Å². The van der Waals surface area contributed by atoms with Crippen LogP contribution in [-0.4, -0.2) is 64.7 Å². The molecule has 2 aliphatic rings. The summed E-state index contributed by atoms with van der Waals surface area (Å²) in [5, 5.41) is 13.0. The summed E-state index contributed by atoms with van der Waals surface area (Å²) >= 11 is 4.49. The van der Waals surface area contributed by atoms with Gasteiger partial charge in [0.2, 0.25) is 0 Å². The summed E-state index contributed by atoms with van der Waals surface area (Å²) < 4.78 is 56.7. The first-order valence-electron chi connectivity index (χ1n) is 8.60. The van der Waals surface area contributed by atoms with Crippen LogP contribution in [-0.2, 0) is 38.8 Å². The van der Waals surface area contributed by atoms with Crippen LogP contribution in [0.25, 0.3) is 5.70 Å². The molecule has 1 fully saturated rings. The number of guanidine groups is 1. The lowest BCUT2D eigenvalue weighted by molar-refractivity contribution is -0.0558. The Kier molecular flexibility index (Phi) is 7.10. The normalized spacial score (nSPS) is 31.3. The van der Waals surface area contributed by atoms with Crippen molar-refractivity contribution in [3.8, 4) is 0 Å². The van der Waals surface area contributed by atoms with Crippen molar-refractivity contribution in [1.29, 1.82) is 0 Å². The third-order valence-electron chi connectivity index (χ3n) is 4.35. The standard InChI is InChI=1S/C12H19FN5O11P3S/c1-5-7-9(17-11(14)16-5)18(4-15-7)10-12(2,13)8(19)6(27-10)3-26-32(25,33)29-31(23,24)28-30(20,21)22/h4,6,8,10,19H,1,3H2,2H3,(H,23,24)(H,25,33)(H3,14,16,17)(H2,20,21,22)/t6-,8-,10-,12-,32+/m1/s1. The van der Waals surface area contributed by atoms with Gasteiger partial charge in [0, 0.05) is 0 Å². The zero-order valence-electron chi connectivity index (χ0n) is 16.5. The molecule has 21 heteroatoms. The van der Waals surface area contributed by atoms with Gasteiger partial charge in [-0.2, -0.15) is 9.30 Å². The molecule has 1 aromatic rings. The molecule has 3 rings (SSSR count). The second-order valence-corrected chi connectivity index (χ2v) is 12.7. The number of halogens is 1. The third-order valence-corrected chi connectivity index (χ3v) is 9.07. The number of phosphoric acid groups is 2. The van der Waals surface area contributed by atoms with Gasteiger partial charge < -0.3 is 45.0 Å². The predicted octanol–water partition coefficient (Wildman–Crippen LogP) is -0.151. The third kappa shape index (κ3) is 5.94. The number of alkyl halides is 1. The van der Waals surface area contributed by atoms with E-state index in [2.05, 4.69) is 42.3 Å². The molecule has 6 atom stereocenters. The second kappa shape index (κ2) is 8.84. The number of hydrogen-bond donors (Lipinski definition) is 7. The fraction of sp³-hybridized carbons (Fsp3) is 0.500. The average Bonchev–Trinajstić information content (AvgIpc) is 3.10. The minimum absolute atomic E-state index is 0.0442. The molecule has 1 saturated heterocycles. The zero-order chi connectivity index (χ0) is 25.0. The summed E-state index contributed by atoms with van der Waals surface area (Å²) in [6.07, 6.45) is -3.69. The molecule has 0 spiro atoms. The summed E-state index contributed by atoms with van der Waals surface area (Å²) in [5.74, 6) is 0.0441. The van der Waals surface area contributed by atoms with E-state index in [-0.39, 0.29) is 17.5 Å². The molecule has 3 heterocycles. The molecule has 16 nitrogen and oxygen atoms in total. The first kappa shape index (κ1) is 26.5. The van der Waals surface area contributed by atoms with Gasteiger partial charge in [0.15, 0.2) is 23.7 Å². The van der Waals surface area contributed by atoms with E-state index < -0.39 is 53.1 Å². The highest BCUT2D eigenvalue weighted by atomic mass is 32.5. The van der Waals surface area contributed by atoms with Gasteiger partial charge in [0.05, 0.1) is 18.6 Å². The van der Waals surface area contributed by atoms with E-state index in [0.29, 0.717) is 5.70 Å². The van der Waals surface area contributed by atoms with Gasteiger partial charge in [-0.25, -0.2) is 22.8 Å². The summed E-state index contributed by atoms with van der Waals surface area (Å²) in [6, 6.07) is 0. The molecule has 2 aliphatic heterocycles. The van der Waals surface area contributed by atoms with Crippen LogP contribution in [0.15, 0.2) is 17.9 Å². The van der Waals surface area contributed by atoms with Crippen LogP contribution in [0.2, 0.25) is 0 Å². The van der Waals surface area contributed by atoms with Crippen LogP contribution in [0.4, 0.5) is 10.2 Å². The number of imidazole rings is 1. The van der Waals surface area contributed by atoms with Crippen LogP contribution in [0.3, 0.4) is 0 Å². The fourth-order valence-electron chi connectivity index (χ4n) is 3.03. The Morgan fingerprint density at radius 1 is 1.39 bits per heavy atom. The van der Waals surface area contributed by atoms with E-state index in [1.165, 1.54) is 6.33 Å². The maximum atomic E-state index is 15.4. The summed E-state index contributed by atoms with van der Waals surface area (Å²) in [4.78, 5) is 44.5. The smallest absolute Gasteiger partial charge is 0.387 e. The molecule has 8 N–H and O–H groups in total. The van der Waals surface area contributed by atoms with Gasteiger partial charge >= 0.3 is 22.4 Å². The van der Waals surface area contributed by atoms with Crippen LogP contribution in [0.5, 0.6) is 0 Å². The number of aliphatic hydroxyl groups excluding tert-OH is 1. The van der Waals surface area contributed by atoms with Crippen molar-refractivity contribution in [2.75, 3.05) is 6.61 Å². The lowest BCUT2D eigenvalue weighted by Crippen LogP contribution is -2.40. The zero-order valence-corrected chi connectivity index (χ0v) is 20.0. The highest BCUT2D eigenvalue weighted by molar-refractivity contribution is 8.08. The van der Waals surface area contributed by atoms with E-state index in [1.807, 2.05) is 0 Å². The molecular weight excluding hydrogens is 534 g/mol. The molecule has 33 heavy (non-hydrogen) atoms. The molecule has 0 aromatic carbocycles. The number of ether oxygens (including phenoxy) is 1. The maximum absolute atomic E-state index is 15.4. The van der Waals surface area contributed by atoms with Crippen LogP contribution in [0.1, 0.15) is 18.8 Å². The van der Waals surface area contributed by atoms with E-state index in [1.54, 1.807) is 0 Å². The summed E-state index contributed by atoms with van der Waals surface area (Å²) in [6.45, 7) is -0.796.